The Morgan fingerprint density at radius 2 is 2.06 bits per heavy atom. The topological polar surface area (TPSA) is 52.6 Å². The van der Waals surface area contributed by atoms with Crippen molar-refractivity contribution >= 4 is 5.97 Å². The van der Waals surface area contributed by atoms with Crippen LogP contribution in [0.4, 0.5) is 0 Å². The summed E-state index contributed by atoms with van der Waals surface area (Å²) in [5, 5.41) is 13.0. The van der Waals surface area contributed by atoms with Crippen molar-refractivity contribution in [2.24, 2.45) is 5.92 Å². The fourth-order valence-corrected chi connectivity index (χ4v) is 2.55. The van der Waals surface area contributed by atoms with Crippen molar-refractivity contribution in [2.75, 3.05) is 19.6 Å². The number of carboxylic acids is 1. The highest BCUT2D eigenvalue weighted by molar-refractivity contribution is 5.80. The molecule has 18 heavy (non-hydrogen) atoms. The second-order valence-corrected chi connectivity index (χ2v) is 5.63. The van der Waals surface area contributed by atoms with Gasteiger partial charge in [-0.3, -0.25) is 9.69 Å². The van der Waals surface area contributed by atoms with E-state index in [1.165, 1.54) is 0 Å². The summed E-state index contributed by atoms with van der Waals surface area (Å²) in [5.41, 5.74) is -0.740. The molecule has 0 aromatic rings. The van der Waals surface area contributed by atoms with Gasteiger partial charge >= 0.3 is 5.97 Å². The van der Waals surface area contributed by atoms with Crippen LogP contribution in [0.15, 0.2) is 0 Å². The molecule has 4 heteroatoms. The normalized spacial score (nSPS) is 19.2. The molecular weight excluding hydrogens is 228 g/mol. The summed E-state index contributed by atoms with van der Waals surface area (Å²) < 4.78 is 0. The van der Waals surface area contributed by atoms with Crippen LogP contribution in [0.2, 0.25) is 0 Å². The van der Waals surface area contributed by atoms with E-state index >= 15 is 0 Å². The summed E-state index contributed by atoms with van der Waals surface area (Å²) >= 11 is 0. The molecule has 0 aliphatic heterocycles. The maximum atomic E-state index is 11.8. The summed E-state index contributed by atoms with van der Waals surface area (Å²) in [6.07, 6.45) is 3.05. The lowest BCUT2D eigenvalue weighted by Gasteiger charge is -2.37. The number of hydrogen-bond donors (Lipinski definition) is 2. The Morgan fingerprint density at radius 1 is 1.44 bits per heavy atom. The molecule has 0 heterocycles. The summed E-state index contributed by atoms with van der Waals surface area (Å²) in [7, 11) is 0. The molecule has 1 atom stereocenters. The molecule has 106 valence electrons. The van der Waals surface area contributed by atoms with Crippen LogP contribution in [-0.4, -0.2) is 47.2 Å². The minimum absolute atomic E-state index is 0.300. The predicted octanol–water partition coefficient (Wildman–Crippen LogP) is 1.95. The van der Waals surface area contributed by atoms with Gasteiger partial charge in [0.05, 0.1) is 0 Å². The molecule has 0 aromatic heterocycles. The molecular formula is C14H28N2O2. The van der Waals surface area contributed by atoms with Crippen LogP contribution >= 0.6 is 0 Å². The highest BCUT2D eigenvalue weighted by Crippen LogP contribution is 2.40. The number of carbonyl (C=O) groups is 1. The SMILES string of the molecule is CCCNC(CN(CC)C(C)C)(C(=O)O)C1CC1. The first-order valence-corrected chi connectivity index (χ1v) is 7.20. The van der Waals surface area contributed by atoms with E-state index in [-0.39, 0.29) is 0 Å². The van der Waals surface area contributed by atoms with E-state index in [2.05, 4.69) is 37.9 Å². The minimum atomic E-state index is -0.740. The van der Waals surface area contributed by atoms with Crippen LogP contribution in [0.3, 0.4) is 0 Å². The van der Waals surface area contributed by atoms with Crippen molar-refractivity contribution in [3.63, 3.8) is 0 Å². The van der Waals surface area contributed by atoms with E-state index < -0.39 is 11.5 Å². The predicted molar refractivity (Wildman–Crippen MR) is 73.8 cm³/mol. The molecule has 0 amide bonds. The van der Waals surface area contributed by atoms with Crippen molar-refractivity contribution in [3.8, 4) is 0 Å². The van der Waals surface area contributed by atoms with E-state index in [4.69, 9.17) is 0 Å². The zero-order valence-corrected chi connectivity index (χ0v) is 12.2. The second kappa shape index (κ2) is 6.53. The Labute approximate surface area is 111 Å². The molecule has 1 saturated carbocycles. The van der Waals surface area contributed by atoms with Crippen LogP contribution < -0.4 is 5.32 Å². The molecule has 1 aliphatic rings. The van der Waals surface area contributed by atoms with Gasteiger partial charge < -0.3 is 10.4 Å². The van der Waals surface area contributed by atoms with Gasteiger partial charge in [0, 0.05) is 12.6 Å². The molecule has 1 fully saturated rings. The molecule has 0 aromatic carbocycles. The minimum Gasteiger partial charge on any atom is -0.480 e. The van der Waals surface area contributed by atoms with Gasteiger partial charge in [0.1, 0.15) is 5.54 Å². The summed E-state index contributed by atoms with van der Waals surface area (Å²) in [6, 6.07) is 0.385. The molecule has 0 spiro atoms. The monoisotopic (exact) mass is 256 g/mol. The van der Waals surface area contributed by atoms with Gasteiger partial charge in [-0.1, -0.05) is 13.8 Å². The van der Waals surface area contributed by atoms with Crippen molar-refractivity contribution in [1.82, 2.24) is 10.2 Å². The van der Waals surface area contributed by atoms with Crippen LogP contribution in [0.1, 0.15) is 47.0 Å². The first kappa shape index (κ1) is 15.4. The van der Waals surface area contributed by atoms with E-state index in [1.807, 2.05) is 0 Å². The number of nitrogens with zero attached hydrogens (tertiary/aromatic N) is 1. The van der Waals surface area contributed by atoms with E-state index in [1.54, 1.807) is 0 Å². The largest absolute Gasteiger partial charge is 0.480 e. The van der Waals surface area contributed by atoms with Gasteiger partial charge in [0.25, 0.3) is 0 Å². The number of likely N-dealkylation sites (N-methyl/N-ethyl adjacent to an activating group) is 1. The van der Waals surface area contributed by atoms with Gasteiger partial charge in [0.2, 0.25) is 0 Å². The molecule has 2 N–H and O–H groups in total. The van der Waals surface area contributed by atoms with Gasteiger partial charge in [-0.15, -0.1) is 0 Å². The van der Waals surface area contributed by atoms with Crippen LogP contribution in [0, 0.1) is 5.92 Å². The van der Waals surface area contributed by atoms with Crippen LogP contribution in [0.5, 0.6) is 0 Å². The Morgan fingerprint density at radius 3 is 2.39 bits per heavy atom. The number of nitrogens with one attached hydrogen (secondary N) is 1. The van der Waals surface area contributed by atoms with Crippen LogP contribution in [-0.2, 0) is 4.79 Å². The fourth-order valence-electron chi connectivity index (χ4n) is 2.55. The average Bonchev–Trinajstić information content (AvgIpc) is 3.13. The molecule has 1 unspecified atom stereocenters. The van der Waals surface area contributed by atoms with Crippen molar-refractivity contribution in [2.45, 2.75) is 58.5 Å². The molecule has 1 aliphatic carbocycles. The quantitative estimate of drug-likeness (QED) is 0.662. The third-order valence-corrected chi connectivity index (χ3v) is 3.94. The van der Waals surface area contributed by atoms with Crippen molar-refractivity contribution < 1.29 is 9.90 Å². The summed E-state index contributed by atoms with van der Waals surface area (Å²) in [6.45, 7) is 10.7. The Hall–Kier alpha value is -0.610. The van der Waals surface area contributed by atoms with Crippen molar-refractivity contribution in [1.29, 1.82) is 0 Å². The average molecular weight is 256 g/mol. The fraction of sp³-hybridized carbons (Fsp3) is 0.929. The van der Waals surface area contributed by atoms with Gasteiger partial charge in [-0.25, -0.2) is 0 Å². The highest BCUT2D eigenvalue weighted by Gasteiger charge is 2.51. The smallest absolute Gasteiger partial charge is 0.325 e. The van der Waals surface area contributed by atoms with Gasteiger partial charge in [0.15, 0.2) is 0 Å². The van der Waals surface area contributed by atoms with Gasteiger partial charge in [-0.05, 0) is 52.1 Å². The maximum absolute atomic E-state index is 11.8. The van der Waals surface area contributed by atoms with E-state index in [9.17, 15) is 9.90 Å². The first-order valence-electron chi connectivity index (χ1n) is 7.20. The lowest BCUT2D eigenvalue weighted by molar-refractivity contribution is -0.147. The van der Waals surface area contributed by atoms with Gasteiger partial charge in [-0.2, -0.15) is 0 Å². The Balaban J connectivity index is 2.83. The number of carboxylic acid groups (broad SMARTS) is 1. The van der Waals surface area contributed by atoms with Crippen LogP contribution in [0.25, 0.3) is 0 Å². The summed E-state index contributed by atoms with van der Waals surface area (Å²) in [5.74, 6) is -0.383. The lowest BCUT2D eigenvalue weighted by atomic mass is 9.91. The molecule has 0 saturated heterocycles. The molecule has 0 radical (unpaired) electrons. The number of hydrogen-bond acceptors (Lipinski definition) is 3. The molecule has 4 nitrogen and oxygen atoms in total. The second-order valence-electron chi connectivity index (χ2n) is 5.63. The zero-order chi connectivity index (χ0) is 13.8. The first-order chi connectivity index (χ1) is 8.47. The third kappa shape index (κ3) is 3.45. The summed E-state index contributed by atoms with van der Waals surface area (Å²) in [4.78, 5) is 14.0. The maximum Gasteiger partial charge on any atom is 0.325 e. The number of rotatable bonds is 9. The lowest BCUT2D eigenvalue weighted by Crippen LogP contribution is -2.61. The molecule has 0 bridgehead atoms. The molecule has 1 rings (SSSR count). The highest BCUT2D eigenvalue weighted by atomic mass is 16.4. The standard InChI is InChI=1S/C14H28N2O2/c1-5-9-15-14(13(17)18,12-7-8-12)10-16(6-2)11(3)4/h11-12,15H,5-10H2,1-4H3,(H,17,18). The van der Waals surface area contributed by atoms with E-state index in [0.29, 0.717) is 18.5 Å². The zero-order valence-electron chi connectivity index (χ0n) is 12.2. The van der Waals surface area contributed by atoms with Crippen molar-refractivity contribution in [3.05, 3.63) is 0 Å². The Bertz CT molecular complexity index is 277. The van der Waals surface area contributed by atoms with E-state index in [0.717, 1.165) is 32.4 Å². The Kier molecular flexibility index (Phi) is 5.60. The third-order valence-electron chi connectivity index (χ3n) is 3.94. The number of aliphatic carboxylic acids is 1.